The van der Waals surface area contributed by atoms with Crippen LogP contribution in [-0.2, 0) is 0 Å². The lowest BCUT2D eigenvalue weighted by Crippen LogP contribution is -2.50. The van der Waals surface area contributed by atoms with Gasteiger partial charge in [0, 0.05) is 10.8 Å². The molecule has 0 N–H and O–H groups in total. The van der Waals surface area contributed by atoms with Crippen LogP contribution in [0.2, 0.25) is 0 Å². The molecule has 0 saturated heterocycles. The molecular formula is C36H57Cl. The van der Waals surface area contributed by atoms with E-state index in [1.54, 1.807) is 5.57 Å². The van der Waals surface area contributed by atoms with Crippen molar-refractivity contribution in [1.29, 1.82) is 0 Å². The van der Waals surface area contributed by atoms with Crippen LogP contribution in [0.25, 0.3) is 0 Å². The average Bonchev–Trinajstić information content (AvgIpc) is 3.11. The maximum Gasteiger partial charge on any atom is 0.0522 e. The van der Waals surface area contributed by atoms with Crippen molar-refractivity contribution in [1.82, 2.24) is 0 Å². The second-order valence-corrected chi connectivity index (χ2v) is 12.7. The number of unbranched alkanes of at least 4 members (excludes halogenated alkanes) is 3. The van der Waals surface area contributed by atoms with Gasteiger partial charge in [-0.2, -0.15) is 0 Å². The Labute approximate surface area is 236 Å². The maximum atomic E-state index is 7.23. The zero-order valence-corrected chi connectivity index (χ0v) is 26.9. The number of fused-ring (bicyclic) bond motifs is 4. The Bertz CT molecular complexity index is 996. The van der Waals surface area contributed by atoms with Crippen LogP contribution in [-0.4, -0.2) is 0 Å². The van der Waals surface area contributed by atoms with E-state index < -0.39 is 0 Å². The molecule has 0 amide bonds. The first-order valence-electron chi connectivity index (χ1n) is 15.3. The normalized spacial score (nSPS) is 35.9. The smallest absolute Gasteiger partial charge is 0.0522 e. The van der Waals surface area contributed by atoms with E-state index in [1.165, 1.54) is 60.0 Å². The summed E-state index contributed by atoms with van der Waals surface area (Å²) in [6.07, 6.45) is 13.4. The van der Waals surface area contributed by atoms with Crippen molar-refractivity contribution in [2.24, 2.45) is 28.1 Å². The first kappa shape index (κ1) is 31.9. The largest absolute Gasteiger partial charge is 0.0993 e. The van der Waals surface area contributed by atoms with Gasteiger partial charge in [0.05, 0.1) is 5.03 Å². The Morgan fingerprint density at radius 3 is 2.00 bits per heavy atom. The molecule has 0 aromatic carbocycles. The Morgan fingerprint density at radius 2 is 1.51 bits per heavy atom. The van der Waals surface area contributed by atoms with E-state index in [9.17, 15) is 0 Å². The van der Waals surface area contributed by atoms with E-state index in [-0.39, 0.29) is 16.2 Å². The van der Waals surface area contributed by atoms with Crippen molar-refractivity contribution in [3.8, 4) is 0 Å². The maximum absolute atomic E-state index is 7.23. The molecule has 0 heterocycles. The van der Waals surface area contributed by atoms with E-state index >= 15 is 0 Å². The Kier molecular flexibility index (Phi) is 10.6. The molecule has 2 fully saturated rings. The van der Waals surface area contributed by atoms with E-state index in [4.69, 9.17) is 11.6 Å². The number of hydrogen-bond acceptors (Lipinski definition) is 0. The van der Waals surface area contributed by atoms with Gasteiger partial charge in [0.15, 0.2) is 0 Å². The minimum absolute atomic E-state index is 0.0426. The predicted octanol–water partition coefficient (Wildman–Crippen LogP) is 12.3. The third-order valence-electron chi connectivity index (χ3n) is 10.5. The Morgan fingerprint density at radius 1 is 0.946 bits per heavy atom. The van der Waals surface area contributed by atoms with Crippen molar-refractivity contribution < 1.29 is 0 Å². The lowest BCUT2D eigenvalue weighted by Gasteiger charge is -2.60. The molecule has 4 rings (SSSR count). The highest BCUT2D eigenvalue weighted by molar-refractivity contribution is 6.33. The third kappa shape index (κ3) is 4.83. The second-order valence-electron chi connectivity index (χ2n) is 12.4. The van der Waals surface area contributed by atoms with Gasteiger partial charge < -0.3 is 0 Å². The van der Waals surface area contributed by atoms with Gasteiger partial charge in [-0.15, -0.1) is 0 Å². The van der Waals surface area contributed by atoms with Crippen molar-refractivity contribution in [3.63, 3.8) is 0 Å². The number of allylic oxidation sites excluding steroid dienone is 9. The fourth-order valence-electron chi connectivity index (χ4n) is 8.27. The van der Waals surface area contributed by atoms with Crippen LogP contribution in [0.4, 0.5) is 0 Å². The van der Waals surface area contributed by atoms with Crippen LogP contribution in [0.15, 0.2) is 69.9 Å². The lowest BCUT2D eigenvalue weighted by atomic mass is 9.44. The molecule has 208 valence electrons. The Hall–Kier alpha value is -1.27. The minimum atomic E-state index is -0.0426. The molecule has 0 aliphatic heterocycles. The monoisotopic (exact) mass is 524 g/mol. The summed E-state index contributed by atoms with van der Waals surface area (Å²) in [6.45, 7) is 36.3. The molecule has 37 heavy (non-hydrogen) atoms. The molecule has 1 heteroatoms. The SMILES string of the molecule is C=C1C(Cl)=C2/C(=C/C)C(=C)C[C@H](CC)C2(C)C2=C1[C@]1(C)CCC(=C)C1(C)C[C@H]2C.CC.CCCCCC. The van der Waals surface area contributed by atoms with Gasteiger partial charge in [-0.1, -0.05) is 143 Å². The van der Waals surface area contributed by atoms with Crippen LogP contribution in [0, 0.1) is 28.1 Å². The van der Waals surface area contributed by atoms with Crippen LogP contribution < -0.4 is 0 Å². The number of halogens is 1. The van der Waals surface area contributed by atoms with Crippen LogP contribution in [0.5, 0.6) is 0 Å². The minimum Gasteiger partial charge on any atom is -0.0993 e. The van der Waals surface area contributed by atoms with Crippen LogP contribution in [0.1, 0.15) is 127 Å². The van der Waals surface area contributed by atoms with Gasteiger partial charge in [0.2, 0.25) is 0 Å². The summed E-state index contributed by atoms with van der Waals surface area (Å²) in [7, 11) is 0. The van der Waals surface area contributed by atoms with Crippen molar-refractivity contribution in [2.75, 3.05) is 0 Å². The van der Waals surface area contributed by atoms with Gasteiger partial charge >= 0.3 is 0 Å². The van der Waals surface area contributed by atoms with E-state index in [0.29, 0.717) is 11.8 Å². The molecule has 4 aliphatic carbocycles. The summed E-state index contributed by atoms with van der Waals surface area (Å²) in [4.78, 5) is 0. The predicted molar refractivity (Wildman–Crippen MR) is 168 cm³/mol. The fraction of sp³-hybridized carbons (Fsp3) is 0.667. The highest BCUT2D eigenvalue weighted by Crippen LogP contribution is 2.73. The average molecular weight is 525 g/mol. The molecule has 5 atom stereocenters. The molecule has 0 radical (unpaired) electrons. The van der Waals surface area contributed by atoms with Crippen molar-refractivity contribution in [2.45, 2.75) is 127 Å². The van der Waals surface area contributed by atoms with Gasteiger partial charge in [0.1, 0.15) is 0 Å². The van der Waals surface area contributed by atoms with E-state index in [0.717, 1.165) is 36.3 Å². The highest BCUT2D eigenvalue weighted by atomic mass is 35.5. The quantitative estimate of drug-likeness (QED) is 0.253. The molecule has 0 bridgehead atoms. The summed E-state index contributed by atoms with van der Waals surface area (Å²) >= 11 is 7.23. The zero-order chi connectivity index (χ0) is 28.3. The molecular weight excluding hydrogens is 468 g/mol. The van der Waals surface area contributed by atoms with Gasteiger partial charge in [-0.3, -0.25) is 0 Å². The number of rotatable bonds is 4. The van der Waals surface area contributed by atoms with Crippen molar-refractivity contribution >= 4 is 11.6 Å². The van der Waals surface area contributed by atoms with E-state index in [2.05, 4.69) is 81.2 Å². The van der Waals surface area contributed by atoms with Crippen LogP contribution >= 0.6 is 11.6 Å². The first-order chi connectivity index (χ1) is 17.4. The molecule has 4 aliphatic rings. The number of hydrogen-bond donors (Lipinski definition) is 0. The summed E-state index contributed by atoms with van der Waals surface area (Å²) < 4.78 is 0. The zero-order valence-electron chi connectivity index (χ0n) is 26.1. The second kappa shape index (κ2) is 12.3. The summed E-state index contributed by atoms with van der Waals surface area (Å²) in [5, 5.41) is 0.883. The first-order valence-corrected chi connectivity index (χ1v) is 15.7. The summed E-state index contributed by atoms with van der Waals surface area (Å²) in [5.74, 6) is 1.03. The molecule has 0 spiro atoms. The van der Waals surface area contributed by atoms with Crippen LogP contribution in [0.3, 0.4) is 0 Å². The van der Waals surface area contributed by atoms with E-state index in [1.807, 2.05) is 13.8 Å². The molecule has 0 aromatic heterocycles. The Balaban J connectivity index is 0.000000531. The topological polar surface area (TPSA) is 0 Å². The third-order valence-corrected chi connectivity index (χ3v) is 10.9. The summed E-state index contributed by atoms with van der Waals surface area (Å²) in [6, 6.07) is 0. The lowest BCUT2D eigenvalue weighted by molar-refractivity contribution is 0.111. The van der Waals surface area contributed by atoms with Gasteiger partial charge in [-0.25, -0.2) is 0 Å². The molecule has 0 nitrogen and oxygen atoms in total. The standard InChI is InChI=1S/C28H37Cl.C6H14.C2H6/c1-10-20-14-16(3)21(11-2)24-25(29)19(6)23-22(28(20,24)9)17(4)15-27(8)18(5)12-13-26(23,27)7;1-3-5-6-4-2;1-2/h11,17,20H,3,5-6,10,12-15H2,1-2,4,7-9H3;3-6H2,1-2H3;1-2H3/b21-11+;;/t17-,20+,26+,27?,28?;;/m1../s1. The summed E-state index contributed by atoms with van der Waals surface area (Å²) in [5.41, 5.74) is 9.51. The van der Waals surface area contributed by atoms with Gasteiger partial charge in [0.25, 0.3) is 0 Å². The fourth-order valence-corrected chi connectivity index (χ4v) is 8.67. The molecule has 0 aromatic rings. The van der Waals surface area contributed by atoms with Gasteiger partial charge in [-0.05, 0) is 77.7 Å². The highest BCUT2D eigenvalue weighted by Gasteiger charge is 2.62. The van der Waals surface area contributed by atoms with Crippen molar-refractivity contribution in [3.05, 3.63) is 69.9 Å². The molecule has 2 unspecified atom stereocenters. The molecule has 2 saturated carbocycles.